The van der Waals surface area contributed by atoms with Crippen molar-refractivity contribution >= 4 is 5.91 Å². The molecule has 2 N–H and O–H groups in total. The Bertz CT molecular complexity index is 336. The predicted molar refractivity (Wildman–Crippen MR) is 35.6 cm³/mol. The van der Waals surface area contributed by atoms with E-state index in [0.29, 0.717) is 6.07 Å². The first kappa shape index (κ1) is 9.43. The van der Waals surface area contributed by atoms with Crippen LogP contribution in [0.15, 0.2) is 12.3 Å². The zero-order chi connectivity index (χ0) is 10.1. The Balaban J connectivity index is 3.13. The monoisotopic (exact) mass is 191 g/mol. The summed E-state index contributed by atoms with van der Waals surface area (Å²) in [6.07, 6.45) is -3.74. The van der Waals surface area contributed by atoms with Gasteiger partial charge in [0.15, 0.2) is 5.69 Å². The number of nitrogens with two attached hydrogens (primary N) is 1. The second kappa shape index (κ2) is 3.00. The first-order valence-electron chi connectivity index (χ1n) is 3.11. The number of alkyl halides is 3. The third kappa shape index (κ3) is 2.14. The number of primary amides is 1. The van der Waals surface area contributed by atoms with Gasteiger partial charge in [0.05, 0.1) is 11.8 Å². The van der Waals surface area contributed by atoms with E-state index in [1.165, 1.54) is 0 Å². The van der Waals surface area contributed by atoms with Crippen molar-refractivity contribution in [3.8, 4) is 0 Å². The summed E-state index contributed by atoms with van der Waals surface area (Å²) in [6.45, 7) is 0. The van der Waals surface area contributed by atoms with Crippen LogP contribution >= 0.6 is 0 Å². The van der Waals surface area contributed by atoms with E-state index in [9.17, 15) is 18.0 Å². The van der Waals surface area contributed by atoms with Gasteiger partial charge < -0.3 is 5.73 Å². The minimum Gasteiger partial charge on any atom is -0.366 e. The number of amides is 1. The Kier molecular flexibility index (Phi) is 2.18. The van der Waals surface area contributed by atoms with Crippen LogP contribution in [0.25, 0.3) is 0 Å². The number of carbonyl (C=O) groups is 1. The molecule has 0 bridgehead atoms. The van der Waals surface area contributed by atoms with E-state index >= 15 is 0 Å². The average Bonchev–Trinajstić information content (AvgIpc) is 2.03. The summed E-state index contributed by atoms with van der Waals surface area (Å²) in [5.41, 5.74) is 3.20. The van der Waals surface area contributed by atoms with Crippen molar-refractivity contribution in [1.29, 1.82) is 0 Å². The molecule has 0 aliphatic rings. The molecule has 0 aliphatic carbocycles. The van der Waals surface area contributed by atoms with E-state index in [1.54, 1.807) is 0 Å². The highest BCUT2D eigenvalue weighted by molar-refractivity contribution is 5.92. The largest absolute Gasteiger partial charge is 0.435 e. The Labute approximate surface area is 70.6 Å². The molecule has 1 aromatic rings. The molecule has 1 heterocycles. The minimum atomic E-state index is -4.61. The summed E-state index contributed by atoms with van der Waals surface area (Å²) in [7, 11) is 0. The lowest BCUT2D eigenvalue weighted by Gasteiger charge is -2.04. The molecule has 0 spiro atoms. The standard InChI is InChI=1S/C6H4F3N3O/c7-6(8,9)4-1-3(5(10)13)2-11-12-4/h1-2H,(H2,10,13). The van der Waals surface area contributed by atoms with Crippen LogP contribution in [0, 0.1) is 0 Å². The minimum absolute atomic E-state index is 0.317. The Morgan fingerprint density at radius 1 is 1.46 bits per heavy atom. The molecule has 1 rings (SSSR count). The van der Waals surface area contributed by atoms with Gasteiger partial charge in [-0.25, -0.2) is 0 Å². The maximum atomic E-state index is 12.0. The lowest BCUT2D eigenvalue weighted by molar-refractivity contribution is -0.141. The molecular formula is C6H4F3N3O. The third-order valence-corrected chi connectivity index (χ3v) is 1.23. The first-order valence-corrected chi connectivity index (χ1v) is 3.11. The van der Waals surface area contributed by atoms with Gasteiger partial charge in [-0.3, -0.25) is 4.79 Å². The SMILES string of the molecule is NC(=O)c1cnnc(C(F)(F)F)c1. The fraction of sp³-hybridized carbons (Fsp3) is 0.167. The molecule has 0 atom stereocenters. The van der Waals surface area contributed by atoms with Gasteiger partial charge in [-0.1, -0.05) is 0 Å². The highest BCUT2D eigenvalue weighted by atomic mass is 19.4. The number of hydrogen-bond acceptors (Lipinski definition) is 3. The smallest absolute Gasteiger partial charge is 0.366 e. The maximum Gasteiger partial charge on any atom is 0.435 e. The van der Waals surface area contributed by atoms with Crippen molar-refractivity contribution in [2.24, 2.45) is 5.73 Å². The van der Waals surface area contributed by atoms with Crippen LogP contribution in [0.2, 0.25) is 0 Å². The molecule has 70 valence electrons. The number of rotatable bonds is 1. The van der Waals surface area contributed by atoms with Crippen molar-refractivity contribution in [3.05, 3.63) is 23.5 Å². The molecule has 0 radical (unpaired) electrons. The Hall–Kier alpha value is -1.66. The zero-order valence-corrected chi connectivity index (χ0v) is 6.17. The van der Waals surface area contributed by atoms with Crippen molar-refractivity contribution in [1.82, 2.24) is 10.2 Å². The predicted octanol–water partition coefficient (Wildman–Crippen LogP) is 0.594. The molecule has 0 unspecified atom stereocenters. The van der Waals surface area contributed by atoms with Crippen LogP contribution in [0.3, 0.4) is 0 Å². The molecule has 0 saturated heterocycles. The van der Waals surface area contributed by atoms with Crippen LogP contribution in [0.4, 0.5) is 13.2 Å². The summed E-state index contributed by atoms with van der Waals surface area (Å²) in [6, 6.07) is 0.551. The second-order valence-electron chi connectivity index (χ2n) is 2.19. The summed E-state index contributed by atoms with van der Waals surface area (Å²) in [5, 5.41) is 5.81. The highest BCUT2D eigenvalue weighted by Crippen LogP contribution is 2.26. The van der Waals surface area contributed by atoms with Crippen LogP contribution in [-0.2, 0) is 6.18 Å². The molecule has 0 fully saturated rings. The fourth-order valence-corrected chi connectivity index (χ4v) is 0.640. The van der Waals surface area contributed by atoms with Gasteiger partial charge in [0.25, 0.3) is 0 Å². The second-order valence-corrected chi connectivity index (χ2v) is 2.19. The molecule has 1 aromatic heterocycles. The van der Waals surface area contributed by atoms with Crippen molar-refractivity contribution < 1.29 is 18.0 Å². The van der Waals surface area contributed by atoms with Gasteiger partial charge in [0.2, 0.25) is 5.91 Å². The van der Waals surface area contributed by atoms with E-state index in [2.05, 4.69) is 10.2 Å². The van der Waals surface area contributed by atoms with Gasteiger partial charge in [0, 0.05) is 0 Å². The quantitative estimate of drug-likeness (QED) is 0.706. The number of hydrogen-bond donors (Lipinski definition) is 1. The molecule has 0 aromatic carbocycles. The summed E-state index contributed by atoms with van der Waals surface area (Å²) < 4.78 is 35.9. The zero-order valence-electron chi connectivity index (χ0n) is 6.17. The van der Waals surface area contributed by atoms with Crippen molar-refractivity contribution in [3.63, 3.8) is 0 Å². The average molecular weight is 191 g/mol. The van der Waals surface area contributed by atoms with Gasteiger partial charge in [0.1, 0.15) is 0 Å². The van der Waals surface area contributed by atoms with E-state index in [0.717, 1.165) is 6.20 Å². The molecule has 7 heteroatoms. The van der Waals surface area contributed by atoms with Gasteiger partial charge in [-0.2, -0.15) is 18.3 Å². The van der Waals surface area contributed by atoms with Crippen LogP contribution in [0.5, 0.6) is 0 Å². The van der Waals surface area contributed by atoms with Gasteiger partial charge >= 0.3 is 6.18 Å². The summed E-state index contributed by atoms with van der Waals surface area (Å²) in [5.74, 6) is -0.972. The number of aromatic nitrogens is 2. The number of halogens is 3. The number of nitrogens with zero attached hydrogens (tertiary/aromatic N) is 2. The lowest BCUT2D eigenvalue weighted by Crippen LogP contribution is -2.15. The van der Waals surface area contributed by atoms with E-state index in [-0.39, 0.29) is 5.56 Å². The van der Waals surface area contributed by atoms with E-state index in [4.69, 9.17) is 5.73 Å². The van der Waals surface area contributed by atoms with E-state index < -0.39 is 17.8 Å². The summed E-state index contributed by atoms with van der Waals surface area (Å²) >= 11 is 0. The molecule has 0 aliphatic heterocycles. The van der Waals surface area contributed by atoms with Crippen LogP contribution in [-0.4, -0.2) is 16.1 Å². The van der Waals surface area contributed by atoms with Crippen molar-refractivity contribution in [2.75, 3.05) is 0 Å². The first-order chi connectivity index (χ1) is 5.91. The molecule has 0 saturated carbocycles. The fourth-order valence-electron chi connectivity index (χ4n) is 0.640. The Morgan fingerprint density at radius 2 is 2.08 bits per heavy atom. The van der Waals surface area contributed by atoms with E-state index in [1.807, 2.05) is 0 Å². The number of carbonyl (C=O) groups excluding carboxylic acids is 1. The Morgan fingerprint density at radius 3 is 2.54 bits per heavy atom. The maximum absolute atomic E-state index is 12.0. The van der Waals surface area contributed by atoms with Gasteiger partial charge in [-0.05, 0) is 6.07 Å². The van der Waals surface area contributed by atoms with Crippen LogP contribution in [0.1, 0.15) is 16.1 Å². The normalized spacial score (nSPS) is 11.3. The molecule has 13 heavy (non-hydrogen) atoms. The molecular weight excluding hydrogens is 187 g/mol. The van der Waals surface area contributed by atoms with Crippen LogP contribution < -0.4 is 5.73 Å². The summed E-state index contributed by atoms with van der Waals surface area (Å²) in [4.78, 5) is 10.5. The molecule has 1 amide bonds. The highest BCUT2D eigenvalue weighted by Gasteiger charge is 2.33. The third-order valence-electron chi connectivity index (χ3n) is 1.23. The van der Waals surface area contributed by atoms with Gasteiger partial charge in [-0.15, -0.1) is 5.10 Å². The topological polar surface area (TPSA) is 68.9 Å². The lowest BCUT2D eigenvalue weighted by atomic mass is 10.2. The molecule has 4 nitrogen and oxygen atoms in total. The van der Waals surface area contributed by atoms with Crippen molar-refractivity contribution in [2.45, 2.75) is 6.18 Å².